The highest BCUT2D eigenvalue weighted by atomic mass is 15.1. The van der Waals surface area contributed by atoms with Crippen LogP contribution in [0.5, 0.6) is 0 Å². The number of hydrogen-bond donors (Lipinski definition) is 1. The Hall–Kier alpha value is -0.0800. The highest BCUT2D eigenvalue weighted by molar-refractivity contribution is 4.75. The SMILES string of the molecule is C1CCN(CCCC2CNC2)C1. The molecule has 0 bridgehead atoms. The lowest BCUT2D eigenvalue weighted by Crippen LogP contribution is -2.42. The summed E-state index contributed by atoms with van der Waals surface area (Å²) < 4.78 is 0. The molecule has 2 saturated heterocycles. The molecule has 2 aliphatic heterocycles. The molecule has 0 aliphatic carbocycles. The van der Waals surface area contributed by atoms with Crippen molar-refractivity contribution in [3.8, 4) is 0 Å². The highest BCUT2D eigenvalue weighted by Crippen LogP contribution is 2.13. The fraction of sp³-hybridized carbons (Fsp3) is 1.00. The molecule has 0 atom stereocenters. The first-order chi connectivity index (χ1) is 5.95. The molecule has 2 aliphatic rings. The van der Waals surface area contributed by atoms with Crippen molar-refractivity contribution in [1.82, 2.24) is 10.2 Å². The molecule has 70 valence electrons. The summed E-state index contributed by atoms with van der Waals surface area (Å²) in [4.78, 5) is 2.62. The first-order valence-corrected chi connectivity index (χ1v) is 5.38. The second-order valence-electron chi connectivity index (χ2n) is 4.22. The lowest BCUT2D eigenvalue weighted by Gasteiger charge is -2.27. The van der Waals surface area contributed by atoms with Gasteiger partial charge in [0.1, 0.15) is 0 Å². The summed E-state index contributed by atoms with van der Waals surface area (Å²) in [5, 5.41) is 3.33. The van der Waals surface area contributed by atoms with Crippen LogP contribution < -0.4 is 5.32 Å². The summed E-state index contributed by atoms with van der Waals surface area (Å²) >= 11 is 0. The Balaban J connectivity index is 1.49. The highest BCUT2D eigenvalue weighted by Gasteiger charge is 2.17. The summed E-state index contributed by atoms with van der Waals surface area (Å²) in [6, 6.07) is 0. The van der Waals surface area contributed by atoms with Crippen molar-refractivity contribution in [3.63, 3.8) is 0 Å². The van der Waals surface area contributed by atoms with Crippen LogP contribution in [-0.2, 0) is 0 Å². The van der Waals surface area contributed by atoms with Crippen LogP contribution in [0.3, 0.4) is 0 Å². The van der Waals surface area contributed by atoms with Crippen molar-refractivity contribution in [1.29, 1.82) is 0 Å². The molecule has 0 aromatic heterocycles. The molecule has 2 heteroatoms. The van der Waals surface area contributed by atoms with Crippen molar-refractivity contribution in [2.24, 2.45) is 5.92 Å². The number of rotatable bonds is 4. The normalized spacial score (nSPS) is 26.0. The lowest BCUT2D eigenvalue weighted by atomic mass is 9.97. The van der Waals surface area contributed by atoms with Gasteiger partial charge in [-0.1, -0.05) is 0 Å². The predicted molar refractivity (Wildman–Crippen MR) is 51.3 cm³/mol. The van der Waals surface area contributed by atoms with E-state index in [1.165, 1.54) is 58.4 Å². The maximum Gasteiger partial charge on any atom is -0.000825 e. The van der Waals surface area contributed by atoms with Gasteiger partial charge in [0.05, 0.1) is 0 Å². The van der Waals surface area contributed by atoms with E-state index in [9.17, 15) is 0 Å². The van der Waals surface area contributed by atoms with Gasteiger partial charge < -0.3 is 10.2 Å². The van der Waals surface area contributed by atoms with Gasteiger partial charge in [-0.3, -0.25) is 0 Å². The molecule has 0 spiro atoms. The Morgan fingerprint density at radius 1 is 1.17 bits per heavy atom. The Kier molecular flexibility index (Phi) is 3.01. The van der Waals surface area contributed by atoms with E-state index in [0.29, 0.717) is 0 Å². The summed E-state index contributed by atoms with van der Waals surface area (Å²) in [5.41, 5.74) is 0. The standard InChI is InChI=1S/C10H20N2/c1-2-6-12(5-1)7-3-4-10-8-11-9-10/h10-11H,1-9H2. The van der Waals surface area contributed by atoms with Crippen LogP contribution in [0.25, 0.3) is 0 Å². The summed E-state index contributed by atoms with van der Waals surface area (Å²) in [6.07, 6.45) is 5.74. The average Bonchev–Trinajstić information content (AvgIpc) is 2.46. The predicted octanol–water partition coefficient (Wildman–Crippen LogP) is 1.08. The minimum Gasteiger partial charge on any atom is -0.316 e. The molecular formula is C10H20N2. The largest absolute Gasteiger partial charge is 0.316 e. The second kappa shape index (κ2) is 4.24. The second-order valence-corrected chi connectivity index (χ2v) is 4.22. The molecule has 2 heterocycles. The Morgan fingerprint density at radius 3 is 2.50 bits per heavy atom. The molecule has 0 saturated carbocycles. The number of likely N-dealkylation sites (tertiary alicyclic amines) is 1. The smallest absolute Gasteiger partial charge is 0.000825 e. The van der Waals surface area contributed by atoms with Gasteiger partial charge in [0.2, 0.25) is 0 Å². The zero-order chi connectivity index (χ0) is 8.23. The van der Waals surface area contributed by atoms with Crippen molar-refractivity contribution in [2.45, 2.75) is 25.7 Å². The number of hydrogen-bond acceptors (Lipinski definition) is 2. The average molecular weight is 168 g/mol. The van der Waals surface area contributed by atoms with Gasteiger partial charge in [0.15, 0.2) is 0 Å². The topological polar surface area (TPSA) is 15.3 Å². The minimum absolute atomic E-state index is 1.01. The van der Waals surface area contributed by atoms with E-state index < -0.39 is 0 Å². The number of nitrogens with one attached hydrogen (secondary N) is 1. The number of nitrogens with zero attached hydrogens (tertiary/aromatic N) is 1. The molecule has 0 unspecified atom stereocenters. The lowest BCUT2D eigenvalue weighted by molar-refractivity contribution is 0.278. The van der Waals surface area contributed by atoms with Crippen LogP contribution in [0.2, 0.25) is 0 Å². The molecule has 1 N–H and O–H groups in total. The molecule has 0 aromatic rings. The fourth-order valence-corrected chi connectivity index (χ4v) is 2.16. The quantitative estimate of drug-likeness (QED) is 0.676. The van der Waals surface area contributed by atoms with Crippen molar-refractivity contribution >= 4 is 0 Å². The zero-order valence-electron chi connectivity index (χ0n) is 7.89. The van der Waals surface area contributed by atoms with Crippen LogP contribution in [0.4, 0.5) is 0 Å². The molecule has 0 amide bonds. The van der Waals surface area contributed by atoms with Gasteiger partial charge in [-0.15, -0.1) is 0 Å². The van der Waals surface area contributed by atoms with Crippen LogP contribution >= 0.6 is 0 Å². The monoisotopic (exact) mass is 168 g/mol. The van der Waals surface area contributed by atoms with Gasteiger partial charge in [-0.2, -0.15) is 0 Å². The van der Waals surface area contributed by atoms with Crippen LogP contribution in [-0.4, -0.2) is 37.6 Å². The fourth-order valence-electron chi connectivity index (χ4n) is 2.16. The summed E-state index contributed by atoms with van der Waals surface area (Å²) in [6.45, 7) is 6.64. The molecular weight excluding hydrogens is 148 g/mol. The third-order valence-electron chi connectivity index (χ3n) is 3.15. The van der Waals surface area contributed by atoms with Crippen LogP contribution in [0.15, 0.2) is 0 Å². The molecule has 12 heavy (non-hydrogen) atoms. The molecule has 2 rings (SSSR count). The first-order valence-electron chi connectivity index (χ1n) is 5.38. The minimum atomic E-state index is 1.01. The van der Waals surface area contributed by atoms with Crippen molar-refractivity contribution in [2.75, 3.05) is 32.7 Å². The van der Waals surface area contributed by atoms with E-state index >= 15 is 0 Å². The molecule has 0 radical (unpaired) electrons. The van der Waals surface area contributed by atoms with E-state index in [1.54, 1.807) is 0 Å². The molecule has 0 aromatic carbocycles. The van der Waals surface area contributed by atoms with Gasteiger partial charge >= 0.3 is 0 Å². The third kappa shape index (κ3) is 2.20. The van der Waals surface area contributed by atoms with E-state index in [0.717, 1.165) is 5.92 Å². The van der Waals surface area contributed by atoms with Gasteiger partial charge in [0.25, 0.3) is 0 Å². The van der Waals surface area contributed by atoms with E-state index in [-0.39, 0.29) is 0 Å². The Labute approximate surface area is 75.3 Å². The summed E-state index contributed by atoms with van der Waals surface area (Å²) in [5.74, 6) is 1.01. The van der Waals surface area contributed by atoms with E-state index in [4.69, 9.17) is 0 Å². The van der Waals surface area contributed by atoms with Crippen LogP contribution in [0, 0.1) is 5.92 Å². The first kappa shape index (κ1) is 8.52. The third-order valence-corrected chi connectivity index (χ3v) is 3.15. The zero-order valence-corrected chi connectivity index (χ0v) is 7.89. The molecule has 2 fully saturated rings. The molecule has 2 nitrogen and oxygen atoms in total. The van der Waals surface area contributed by atoms with Gasteiger partial charge in [-0.25, -0.2) is 0 Å². The van der Waals surface area contributed by atoms with Crippen molar-refractivity contribution in [3.05, 3.63) is 0 Å². The Bertz CT molecular complexity index is 126. The van der Waals surface area contributed by atoms with E-state index in [1.807, 2.05) is 0 Å². The van der Waals surface area contributed by atoms with Crippen molar-refractivity contribution < 1.29 is 0 Å². The van der Waals surface area contributed by atoms with E-state index in [2.05, 4.69) is 10.2 Å². The Morgan fingerprint density at radius 2 is 1.92 bits per heavy atom. The summed E-state index contributed by atoms with van der Waals surface area (Å²) in [7, 11) is 0. The maximum atomic E-state index is 3.33. The van der Waals surface area contributed by atoms with Crippen LogP contribution in [0.1, 0.15) is 25.7 Å². The van der Waals surface area contributed by atoms with Gasteiger partial charge in [-0.05, 0) is 64.3 Å². The maximum absolute atomic E-state index is 3.33. The van der Waals surface area contributed by atoms with Gasteiger partial charge in [0, 0.05) is 0 Å².